The van der Waals surface area contributed by atoms with Crippen LogP contribution in [0, 0.1) is 6.92 Å². The SMILES string of the molecule is Cc1ccccc1-c1ccccc1CCCO. The molecule has 1 nitrogen and oxygen atoms in total. The summed E-state index contributed by atoms with van der Waals surface area (Å²) < 4.78 is 0. The summed E-state index contributed by atoms with van der Waals surface area (Å²) in [7, 11) is 0. The van der Waals surface area contributed by atoms with Crippen molar-refractivity contribution in [3.8, 4) is 11.1 Å². The zero-order chi connectivity index (χ0) is 12.1. The van der Waals surface area contributed by atoms with Crippen LogP contribution in [-0.4, -0.2) is 11.7 Å². The van der Waals surface area contributed by atoms with E-state index in [4.69, 9.17) is 5.11 Å². The van der Waals surface area contributed by atoms with Gasteiger partial charge in [-0.1, -0.05) is 48.5 Å². The average molecular weight is 226 g/mol. The zero-order valence-corrected chi connectivity index (χ0v) is 10.2. The first kappa shape index (κ1) is 11.9. The molecule has 1 heteroatoms. The van der Waals surface area contributed by atoms with Gasteiger partial charge in [-0.05, 0) is 42.0 Å². The molecule has 0 atom stereocenters. The lowest BCUT2D eigenvalue weighted by molar-refractivity contribution is 0.288. The second-order valence-electron chi connectivity index (χ2n) is 4.30. The molecule has 0 bridgehead atoms. The third-order valence-corrected chi connectivity index (χ3v) is 3.06. The standard InChI is InChI=1S/C16H18O/c1-13-7-2-4-10-15(13)16-11-5-3-8-14(16)9-6-12-17/h2-5,7-8,10-11,17H,6,9,12H2,1H3. The number of rotatable bonds is 4. The van der Waals surface area contributed by atoms with E-state index in [9.17, 15) is 0 Å². The fourth-order valence-electron chi connectivity index (χ4n) is 2.15. The molecule has 0 heterocycles. The molecule has 0 aromatic heterocycles. The van der Waals surface area contributed by atoms with E-state index in [-0.39, 0.29) is 6.61 Å². The van der Waals surface area contributed by atoms with E-state index in [2.05, 4.69) is 55.5 Å². The van der Waals surface area contributed by atoms with Gasteiger partial charge in [-0.15, -0.1) is 0 Å². The minimum Gasteiger partial charge on any atom is -0.396 e. The molecule has 2 aromatic rings. The third-order valence-electron chi connectivity index (χ3n) is 3.06. The van der Waals surface area contributed by atoms with E-state index in [1.165, 1.54) is 22.3 Å². The summed E-state index contributed by atoms with van der Waals surface area (Å²) in [5.41, 5.74) is 5.19. The maximum Gasteiger partial charge on any atom is 0.0434 e. The van der Waals surface area contributed by atoms with E-state index < -0.39 is 0 Å². The van der Waals surface area contributed by atoms with Gasteiger partial charge in [0.1, 0.15) is 0 Å². The van der Waals surface area contributed by atoms with Crippen LogP contribution in [0.5, 0.6) is 0 Å². The van der Waals surface area contributed by atoms with E-state index in [1.807, 2.05) is 0 Å². The first-order valence-corrected chi connectivity index (χ1v) is 6.07. The van der Waals surface area contributed by atoms with E-state index in [0.717, 1.165) is 12.8 Å². The van der Waals surface area contributed by atoms with Crippen LogP contribution in [-0.2, 0) is 6.42 Å². The second kappa shape index (κ2) is 5.65. The Bertz CT molecular complexity index is 488. The summed E-state index contributed by atoms with van der Waals surface area (Å²) in [6, 6.07) is 16.9. The minimum atomic E-state index is 0.252. The molecule has 0 aliphatic heterocycles. The smallest absolute Gasteiger partial charge is 0.0434 e. The molecule has 0 saturated heterocycles. The fourth-order valence-corrected chi connectivity index (χ4v) is 2.15. The highest BCUT2D eigenvalue weighted by molar-refractivity contribution is 5.70. The highest BCUT2D eigenvalue weighted by Gasteiger charge is 2.05. The van der Waals surface area contributed by atoms with Gasteiger partial charge in [-0.3, -0.25) is 0 Å². The maximum atomic E-state index is 8.94. The fraction of sp³-hybridized carbons (Fsp3) is 0.250. The summed E-state index contributed by atoms with van der Waals surface area (Å²) in [5.74, 6) is 0. The van der Waals surface area contributed by atoms with Crippen LogP contribution in [0.1, 0.15) is 17.5 Å². The quantitative estimate of drug-likeness (QED) is 0.844. The van der Waals surface area contributed by atoms with Crippen molar-refractivity contribution in [1.29, 1.82) is 0 Å². The molecule has 88 valence electrons. The lowest BCUT2D eigenvalue weighted by Crippen LogP contribution is -1.94. The van der Waals surface area contributed by atoms with Crippen LogP contribution in [0.15, 0.2) is 48.5 Å². The van der Waals surface area contributed by atoms with Gasteiger partial charge in [-0.25, -0.2) is 0 Å². The molecule has 1 N–H and O–H groups in total. The van der Waals surface area contributed by atoms with Crippen molar-refractivity contribution in [2.24, 2.45) is 0 Å². The molecule has 0 aliphatic carbocycles. The summed E-state index contributed by atoms with van der Waals surface area (Å²) in [4.78, 5) is 0. The Morgan fingerprint density at radius 2 is 1.53 bits per heavy atom. The highest BCUT2D eigenvalue weighted by Crippen LogP contribution is 2.27. The summed E-state index contributed by atoms with van der Waals surface area (Å²) in [6.45, 7) is 2.39. The van der Waals surface area contributed by atoms with Crippen LogP contribution >= 0.6 is 0 Å². The van der Waals surface area contributed by atoms with Gasteiger partial charge < -0.3 is 5.11 Å². The maximum absolute atomic E-state index is 8.94. The van der Waals surface area contributed by atoms with E-state index in [0.29, 0.717) is 0 Å². The molecule has 0 fully saturated rings. The predicted octanol–water partition coefficient (Wildman–Crippen LogP) is 3.59. The van der Waals surface area contributed by atoms with Gasteiger partial charge in [0.05, 0.1) is 0 Å². The first-order valence-electron chi connectivity index (χ1n) is 6.07. The van der Waals surface area contributed by atoms with Gasteiger partial charge in [0.15, 0.2) is 0 Å². The molecule has 17 heavy (non-hydrogen) atoms. The molecule has 2 rings (SSSR count). The molecule has 0 amide bonds. The Balaban J connectivity index is 2.41. The predicted molar refractivity (Wildman–Crippen MR) is 72.0 cm³/mol. The first-order chi connectivity index (χ1) is 8.33. The Kier molecular flexibility index (Phi) is 3.94. The van der Waals surface area contributed by atoms with Crippen molar-refractivity contribution in [1.82, 2.24) is 0 Å². The van der Waals surface area contributed by atoms with Gasteiger partial charge in [0.2, 0.25) is 0 Å². The van der Waals surface area contributed by atoms with Gasteiger partial charge in [0, 0.05) is 6.61 Å². The number of aliphatic hydroxyl groups is 1. The molecule has 0 saturated carbocycles. The second-order valence-corrected chi connectivity index (χ2v) is 4.30. The van der Waals surface area contributed by atoms with Crippen LogP contribution < -0.4 is 0 Å². The Labute approximate surface area is 103 Å². The third kappa shape index (κ3) is 2.75. The number of hydrogen-bond acceptors (Lipinski definition) is 1. The summed E-state index contributed by atoms with van der Waals surface area (Å²) in [6.07, 6.45) is 1.75. The van der Waals surface area contributed by atoms with Crippen molar-refractivity contribution in [2.75, 3.05) is 6.61 Å². The number of benzene rings is 2. The topological polar surface area (TPSA) is 20.2 Å². The van der Waals surface area contributed by atoms with Crippen LogP contribution in [0.4, 0.5) is 0 Å². The van der Waals surface area contributed by atoms with Gasteiger partial charge in [-0.2, -0.15) is 0 Å². The van der Waals surface area contributed by atoms with Crippen molar-refractivity contribution in [2.45, 2.75) is 19.8 Å². The van der Waals surface area contributed by atoms with Crippen molar-refractivity contribution in [3.63, 3.8) is 0 Å². The van der Waals surface area contributed by atoms with Gasteiger partial charge >= 0.3 is 0 Å². The van der Waals surface area contributed by atoms with Crippen LogP contribution in [0.25, 0.3) is 11.1 Å². The Morgan fingerprint density at radius 1 is 0.882 bits per heavy atom. The van der Waals surface area contributed by atoms with E-state index in [1.54, 1.807) is 0 Å². The van der Waals surface area contributed by atoms with Crippen molar-refractivity contribution >= 4 is 0 Å². The summed E-state index contributed by atoms with van der Waals surface area (Å²) >= 11 is 0. The number of aryl methyl sites for hydroxylation is 2. The van der Waals surface area contributed by atoms with Crippen LogP contribution in [0.3, 0.4) is 0 Å². The molecule has 2 aromatic carbocycles. The molecular formula is C16H18O. The minimum absolute atomic E-state index is 0.252. The number of aliphatic hydroxyl groups excluding tert-OH is 1. The average Bonchev–Trinajstić information content (AvgIpc) is 2.37. The molecular weight excluding hydrogens is 208 g/mol. The van der Waals surface area contributed by atoms with Crippen molar-refractivity contribution < 1.29 is 5.11 Å². The lowest BCUT2D eigenvalue weighted by Gasteiger charge is -2.11. The number of hydrogen-bond donors (Lipinski definition) is 1. The van der Waals surface area contributed by atoms with E-state index >= 15 is 0 Å². The molecule has 0 spiro atoms. The normalized spacial score (nSPS) is 10.5. The largest absolute Gasteiger partial charge is 0.396 e. The van der Waals surface area contributed by atoms with Gasteiger partial charge in [0.25, 0.3) is 0 Å². The monoisotopic (exact) mass is 226 g/mol. The lowest BCUT2D eigenvalue weighted by atomic mass is 9.94. The molecule has 0 aliphatic rings. The van der Waals surface area contributed by atoms with Crippen molar-refractivity contribution in [3.05, 3.63) is 59.7 Å². The Morgan fingerprint density at radius 3 is 2.24 bits per heavy atom. The molecule has 0 radical (unpaired) electrons. The highest BCUT2D eigenvalue weighted by atomic mass is 16.2. The molecule has 0 unspecified atom stereocenters. The van der Waals surface area contributed by atoms with Crippen LogP contribution in [0.2, 0.25) is 0 Å². The summed E-state index contributed by atoms with van der Waals surface area (Å²) in [5, 5.41) is 8.94. The zero-order valence-electron chi connectivity index (χ0n) is 10.2. The Hall–Kier alpha value is -1.60.